The van der Waals surface area contributed by atoms with Crippen molar-refractivity contribution in [3.05, 3.63) is 29.3 Å². The Bertz CT molecular complexity index is 923. The molecule has 0 unspecified atom stereocenters. The summed E-state index contributed by atoms with van der Waals surface area (Å²) < 4.78 is 49.2. The quantitative estimate of drug-likeness (QED) is 0.334. The molecule has 1 aliphatic heterocycles. The number of ether oxygens (including phenoxy) is 1. The number of hydrogen-bond donors (Lipinski definition) is 2. The van der Waals surface area contributed by atoms with Gasteiger partial charge in [-0.3, -0.25) is 4.90 Å². The third-order valence-corrected chi connectivity index (χ3v) is 13.7. The predicted molar refractivity (Wildman–Crippen MR) is 137 cm³/mol. The molecule has 1 aromatic rings. The first-order valence-corrected chi connectivity index (χ1v) is 14.5. The lowest BCUT2D eigenvalue weighted by Gasteiger charge is -2.39. The van der Waals surface area contributed by atoms with Crippen molar-refractivity contribution < 1.29 is 26.5 Å². The Morgan fingerprint density at radius 2 is 1.82 bits per heavy atom. The first-order valence-electron chi connectivity index (χ1n) is 13.3. The highest BCUT2D eigenvalue weighted by molar-refractivity contribution is 6.90. The van der Waals surface area contributed by atoms with Gasteiger partial charge < -0.3 is 14.9 Å². The number of alkyl halides is 2. The number of piperidine rings is 1. The number of likely N-dealkylation sites (tertiary alicyclic amines) is 1. The molecule has 7 heteroatoms. The highest BCUT2D eigenvalue weighted by Gasteiger charge is 2.41. The van der Waals surface area contributed by atoms with Crippen LogP contribution in [0.25, 0.3) is 0 Å². The average molecular weight is 498 g/mol. The maximum absolute atomic E-state index is 13.4. The molecule has 1 saturated heterocycles. The second-order valence-electron chi connectivity index (χ2n) is 10.6. The largest absolute Gasteiger partial charge is 0.434 e. The Balaban J connectivity index is 2.50. The maximum atomic E-state index is 13.4. The van der Waals surface area contributed by atoms with Crippen LogP contribution in [0.5, 0.6) is 5.75 Å². The molecule has 0 aromatic heterocycles. The lowest BCUT2D eigenvalue weighted by Crippen LogP contribution is -2.47. The lowest BCUT2D eigenvalue weighted by molar-refractivity contribution is -0.0702. The SMILES string of the molecule is [2H]C([2H])(c1ccc(C#C[Si](C(C)C)(C(C)C)C(C)C)cc1OC(F)F)N1CCC[C@H]([C@](C)(O)CO)C1. The molecule has 1 aromatic carbocycles. The molecule has 4 nitrogen and oxygen atoms in total. The molecule has 2 rings (SSSR count). The highest BCUT2D eigenvalue weighted by atomic mass is 28.3. The summed E-state index contributed by atoms with van der Waals surface area (Å²) in [6, 6.07) is 4.57. The van der Waals surface area contributed by atoms with E-state index in [4.69, 9.17) is 7.48 Å². The summed E-state index contributed by atoms with van der Waals surface area (Å²) in [7, 11) is -2.04. The van der Waals surface area contributed by atoms with Gasteiger partial charge in [-0.15, -0.1) is 5.54 Å². The fraction of sp³-hybridized carbons (Fsp3) is 0.704. The van der Waals surface area contributed by atoms with Crippen LogP contribution in [0.15, 0.2) is 18.2 Å². The summed E-state index contributed by atoms with van der Waals surface area (Å²) in [5, 5.41) is 20.1. The minimum absolute atomic E-state index is 0.00210. The normalized spacial score (nSPS) is 20.7. The van der Waals surface area contributed by atoms with Gasteiger partial charge in [0.2, 0.25) is 0 Å². The van der Waals surface area contributed by atoms with Crippen LogP contribution in [0.1, 0.15) is 75.2 Å². The summed E-state index contributed by atoms with van der Waals surface area (Å²) in [5.74, 6) is 2.64. The molecule has 192 valence electrons. The topological polar surface area (TPSA) is 52.9 Å². The van der Waals surface area contributed by atoms with Gasteiger partial charge in [0, 0.05) is 32.8 Å². The van der Waals surface area contributed by atoms with Gasteiger partial charge in [0.25, 0.3) is 0 Å². The van der Waals surface area contributed by atoms with Crippen molar-refractivity contribution in [2.75, 3.05) is 19.7 Å². The predicted octanol–water partition coefficient (Wildman–Crippen LogP) is 5.81. The number of hydrogen-bond acceptors (Lipinski definition) is 4. The Kier molecular flexibility index (Phi) is 9.03. The molecule has 0 amide bonds. The second kappa shape index (κ2) is 12.0. The zero-order valence-corrected chi connectivity index (χ0v) is 22.7. The van der Waals surface area contributed by atoms with E-state index in [2.05, 4.69) is 53.0 Å². The Morgan fingerprint density at radius 1 is 1.21 bits per heavy atom. The molecule has 1 heterocycles. The van der Waals surface area contributed by atoms with Crippen LogP contribution >= 0.6 is 0 Å². The monoisotopic (exact) mass is 497 g/mol. The zero-order chi connectivity index (χ0) is 27.5. The average Bonchev–Trinajstić information content (AvgIpc) is 2.78. The van der Waals surface area contributed by atoms with E-state index in [1.54, 1.807) is 6.07 Å². The van der Waals surface area contributed by atoms with Gasteiger partial charge in [-0.25, -0.2) is 0 Å². The highest BCUT2D eigenvalue weighted by Crippen LogP contribution is 2.41. The minimum Gasteiger partial charge on any atom is -0.434 e. The Hall–Kier alpha value is -1.46. The van der Waals surface area contributed by atoms with Gasteiger partial charge in [-0.05, 0) is 55.1 Å². The van der Waals surface area contributed by atoms with Crippen LogP contribution in [0.2, 0.25) is 16.6 Å². The summed E-state index contributed by atoms with van der Waals surface area (Å²) in [6.45, 7) is 9.64. The van der Waals surface area contributed by atoms with Crippen LogP contribution in [0.4, 0.5) is 8.78 Å². The molecule has 1 aliphatic rings. The van der Waals surface area contributed by atoms with Gasteiger partial charge >= 0.3 is 6.61 Å². The minimum atomic E-state index is -3.11. The molecule has 2 atom stereocenters. The van der Waals surface area contributed by atoms with E-state index in [-0.39, 0.29) is 23.8 Å². The molecule has 0 radical (unpaired) electrons. The Labute approximate surface area is 208 Å². The lowest BCUT2D eigenvalue weighted by atomic mass is 9.83. The van der Waals surface area contributed by atoms with Crippen LogP contribution in [0, 0.1) is 17.4 Å². The van der Waals surface area contributed by atoms with Crippen molar-refractivity contribution in [2.45, 2.75) is 96.6 Å². The fourth-order valence-corrected chi connectivity index (χ4v) is 10.6. The van der Waals surface area contributed by atoms with Crippen molar-refractivity contribution in [1.82, 2.24) is 4.90 Å². The van der Waals surface area contributed by atoms with Crippen molar-refractivity contribution in [3.63, 3.8) is 0 Å². The van der Waals surface area contributed by atoms with Gasteiger partial charge in [-0.2, -0.15) is 8.78 Å². The molecular weight excluding hydrogens is 452 g/mol. The van der Waals surface area contributed by atoms with Crippen molar-refractivity contribution in [2.24, 2.45) is 5.92 Å². The number of rotatable bonds is 9. The number of nitrogens with zero attached hydrogens (tertiary/aromatic N) is 1. The summed E-state index contributed by atoms with van der Waals surface area (Å²) in [6.07, 6.45) is 1.25. The van der Waals surface area contributed by atoms with Crippen LogP contribution in [0.3, 0.4) is 0 Å². The third kappa shape index (κ3) is 6.81. The maximum Gasteiger partial charge on any atom is 0.387 e. The number of aliphatic hydroxyl groups is 2. The molecular formula is C27H43F2NO3Si. The summed E-state index contributed by atoms with van der Waals surface area (Å²) >= 11 is 0. The molecule has 2 N–H and O–H groups in total. The van der Waals surface area contributed by atoms with Crippen LogP contribution in [-0.2, 0) is 6.50 Å². The van der Waals surface area contributed by atoms with Crippen molar-refractivity contribution in [1.29, 1.82) is 0 Å². The van der Waals surface area contributed by atoms with Crippen molar-refractivity contribution >= 4 is 8.07 Å². The van der Waals surface area contributed by atoms with Gasteiger partial charge in [0.1, 0.15) is 13.8 Å². The van der Waals surface area contributed by atoms with Gasteiger partial charge in [0.05, 0.1) is 12.2 Å². The van der Waals surface area contributed by atoms with Gasteiger partial charge in [0.15, 0.2) is 0 Å². The first kappa shape index (κ1) is 25.6. The number of benzene rings is 1. The fourth-order valence-electron chi connectivity index (χ4n) is 5.39. The summed E-state index contributed by atoms with van der Waals surface area (Å²) in [4.78, 5) is 1.53. The zero-order valence-electron chi connectivity index (χ0n) is 23.7. The standard InChI is InChI=1S/C27H43F2NO3Si/c1-19(2)34(20(3)4,21(5)6)14-12-22-10-11-23(25(15-22)33-26(28)29)16-30-13-8-9-24(17-30)27(7,32)18-31/h10-11,15,19-21,24,26,31-32H,8-9,13,16-18H2,1-7H3/t24-,27+/m0/s1/i16D2. The van der Waals surface area contributed by atoms with Gasteiger partial charge in [-0.1, -0.05) is 53.5 Å². The van der Waals surface area contributed by atoms with E-state index in [0.29, 0.717) is 41.6 Å². The molecule has 0 aliphatic carbocycles. The van der Waals surface area contributed by atoms with E-state index in [9.17, 15) is 19.0 Å². The smallest absolute Gasteiger partial charge is 0.387 e. The number of halogens is 2. The van der Waals surface area contributed by atoms with E-state index in [0.717, 1.165) is 0 Å². The van der Waals surface area contributed by atoms with E-state index in [1.165, 1.54) is 24.0 Å². The molecule has 34 heavy (non-hydrogen) atoms. The number of aliphatic hydroxyl groups excluding tert-OH is 1. The molecule has 0 bridgehead atoms. The third-order valence-electron chi connectivity index (χ3n) is 7.39. The molecule has 1 fully saturated rings. The van der Waals surface area contributed by atoms with Crippen LogP contribution < -0.4 is 4.74 Å². The van der Waals surface area contributed by atoms with E-state index >= 15 is 0 Å². The van der Waals surface area contributed by atoms with Crippen LogP contribution in [-0.4, -0.2) is 55.1 Å². The second-order valence-corrected chi connectivity index (χ2v) is 16.2. The Morgan fingerprint density at radius 3 is 2.35 bits per heavy atom. The summed E-state index contributed by atoms with van der Waals surface area (Å²) in [5.41, 5.74) is 3.98. The first-order chi connectivity index (χ1) is 16.6. The van der Waals surface area contributed by atoms with E-state index < -0.39 is 33.4 Å². The molecule has 0 spiro atoms. The van der Waals surface area contributed by atoms with Crippen molar-refractivity contribution in [3.8, 4) is 17.2 Å². The molecule has 0 saturated carbocycles. The van der Waals surface area contributed by atoms with E-state index in [1.807, 2.05) is 0 Å².